The summed E-state index contributed by atoms with van der Waals surface area (Å²) >= 11 is 0. The van der Waals surface area contributed by atoms with E-state index in [0.717, 1.165) is 29.9 Å². The van der Waals surface area contributed by atoms with Gasteiger partial charge in [0.2, 0.25) is 11.8 Å². The Morgan fingerprint density at radius 1 is 1.10 bits per heavy atom. The number of fused-ring (bicyclic) bond motifs is 1. The molecular weight excluding hydrogens is 553 g/mol. The summed E-state index contributed by atoms with van der Waals surface area (Å²) in [6.45, 7) is -0.0901. The molecule has 1 fully saturated rings. The topological polar surface area (TPSA) is 122 Å². The number of methoxy groups -OCH3 is 1. The van der Waals surface area contributed by atoms with Gasteiger partial charge in [0.15, 0.2) is 0 Å². The number of nitrogens with zero attached hydrogens (tertiary/aromatic N) is 2. The molecule has 41 heavy (non-hydrogen) atoms. The number of carbonyl (C=O) groups excluding carboxylic acids is 3. The number of halogens is 1. The van der Waals surface area contributed by atoms with Gasteiger partial charge in [-0.15, -0.1) is 0 Å². The highest BCUT2D eigenvalue weighted by molar-refractivity contribution is 7.90. The standard InChI is InChI=1S/C29H28FN3O7S/c1-39-22-14-12-21(13-15-22)33(26(34)18-32-29(36)24-6-2-3-7-25(24)41(32,37)38)27(19-8-10-20(30)11-9-19)28(35)31-17-23-5-4-16-40-23/h2-3,6-15,23,27H,4-5,16-18H2,1H3,(H,31,35)/t23-,27-/m1/s1. The van der Waals surface area contributed by atoms with E-state index < -0.39 is 46.1 Å². The van der Waals surface area contributed by atoms with E-state index in [4.69, 9.17) is 9.47 Å². The van der Waals surface area contributed by atoms with Gasteiger partial charge in [-0.2, -0.15) is 0 Å². The van der Waals surface area contributed by atoms with Crippen LogP contribution in [0, 0.1) is 5.82 Å². The van der Waals surface area contributed by atoms with Crippen LogP contribution >= 0.6 is 0 Å². The van der Waals surface area contributed by atoms with Crippen molar-refractivity contribution in [2.75, 3.05) is 31.7 Å². The molecule has 3 amide bonds. The van der Waals surface area contributed by atoms with Crippen molar-refractivity contribution in [2.45, 2.75) is 29.9 Å². The van der Waals surface area contributed by atoms with Crippen LogP contribution in [0.5, 0.6) is 5.75 Å². The predicted octanol–water partition coefficient (Wildman–Crippen LogP) is 3.05. The fourth-order valence-corrected chi connectivity index (χ4v) is 6.46. The molecule has 2 atom stereocenters. The second-order valence-corrected chi connectivity index (χ2v) is 11.4. The van der Waals surface area contributed by atoms with E-state index in [2.05, 4.69) is 5.32 Å². The van der Waals surface area contributed by atoms with Crippen molar-refractivity contribution in [2.24, 2.45) is 0 Å². The molecule has 0 spiro atoms. The summed E-state index contributed by atoms with van der Waals surface area (Å²) < 4.78 is 51.6. The van der Waals surface area contributed by atoms with Crippen molar-refractivity contribution in [1.82, 2.24) is 9.62 Å². The van der Waals surface area contributed by atoms with Gasteiger partial charge in [-0.3, -0.25) is 19.3 Å². The smallest absolute Gasteiger partial charge is 0.269 e. The third kappa shape index (κ3) is 5.66. The third-order valence-electron chi connectivity index (χ3n) is 7.03. The first kappa shape index (κ1) is 28.2. The van der Waals surface area contributed by atoms with Crippen molar-refractivity contribution >= 4 is 33.4 Å². The Hall–Kier alpha value is -4.29. The molecule has 3 aromatic carbocycles. The van der Waals surface area contributed by atoms with Crippen molar-refractivity contribution in [3.8, 4) is 5.75 Å². The van der Waals surface area contributed by atoms with Crippen LogP contribution in [0.25, 0.3) is 0 Å². The Morgan fingerprint density at radius 2 is 1.80 bits per heavy atom. The summed E-state index contributed by atoms with van der Waals surface area (Å²) in [7, 11) is -2.83. The predicted molar refractivity (Wildman–Crippen MR) is 146 cm³/mol. The van der Waals surface area contributed by atoms with Crippen LogP contribution in [0.3, 0.4) is 0 Å². The van der Waals surface area contributed by atoms with E-state index in [0.29, 0.717) is 16.7 Å². The van der Waals surface area contributed by atoms with Crippen LogP contribution in [0.15, 0.2) is 77.7 Å². The van der Waals surface area contributed by atoms with Gasteiger partial charge in [0, 0.05) is 18.8 Å². The van der Waals surface area contributed by atoms with Gasteiger partial charge in [-0.1, -0.05) is 24.3 Å². The lowest BCUT2D eigenvalue weighted by Gasteiger charge is -2.33. The Bertz CT molecular complexity index is 1560. The minimum Gasteiger partial charge on any atom is -0.497 e. The largest absolute Gasteiger partial charge is 0.497 e. The molecule has 2 heterocycles. The molecule has 0 aromatic heterocycles. The summed E-state index contributed by atoms with van der Waals surface area (Å²) in [5, 5.41) is 2.82. The highest BCUT2D eigenvalue weighted by atomic mass is 32.2. The zero-order valence-electron chi connectivity index (χ0n) is 22.2. The number of anilines is 1. The number of sulfonamides is 1. The van der Waals surface area contributed by atoms with Gasteiger partial charge in [-0.05, 0) is 66.9 Å². The first-order valence-corrected chi connectivity index (χ1v) is 14.4. The van der Waals surface area contributed by atoms with Gasteiger partial charge >= 0.3 is 0 Å². The van der Waals surface area contributed by atoms with E-state index >= 15 is 0 Å². The first-order chi connectivity index (χ1) is 19.7. The summed E-state index contributed by atoms with van der Waals surface area (Å²) in [6, 6.07) is 15.7. The van der Waals surface area contributed by atoms with Crippen LogP contribution in [0.1, 0.15) is 34.8 Å². The van der Waals surface area contributed by atoms with Gasteiger partial charge < -0.3 is 14.8 Å². The normalized spacial score (nSPS) is 18.0. The van der Waals surface area contributed by atoms with E-state index in [1.807, 2.05) is 0 Å². The monoisotopic (exact) mass is 581 g/mol. The molecule has 0 saturated carbocycles. The third-order valence-corrected chi connectivity index (χ3v) is 8.82. The molecule has 0 bridgehead atoms. The number of ether oxygens (including phenoxy) is 2. The molecule has 1 N–H and O–H groups in total. The van der Waals surface area contributed by atoms with Crippen molar-refractivity contribution < 1.29 is 36.7 Å². The Balaban J connectivity index is 1.54. The average Bonchev–Trinajstić information content (AvgIpc) is 3.57. The number of benzene rings is 3. The number of hydrogen-bond acceptors (Lipinski definition) is 7. The van der Waals surface area contributed by atoms with Crippen LogP contribution in [-0.2, 0) is 24.3 Å². The number of rotatable bonds is 9. The molecular formula is C29H28FN3O7S. The Labute approximate surface area is 236 Å². The molecule has 3 aromatic rings. The lowest BCUT2D eigenvalue weighted by molar-refractivity contribution is -0.127. The molecule has 10 nitrogen and oxygen atoms in total. The minimum absolute atomic E-state index is 0.0410. The summed E-state index contributed by atoms with van der Waals surface area (Å²) in [5.74, 6) is -2.34. The maximum Gasteiger partial charge on any atom is 0.269 e. The Kier molecular flexibility index (Phi) is 8.04. The first-order valence-electron chi connectivity index (χ1n) is 13.0. The minimum atomic E-state index is -4.30. The average molecular weight is 582 g/mol. The molecule has 0 radical (unpaired) electrons. The summed E-state index contributed by atoms with van der Waals surface area (Å²) in [5.41, 5.74) is 0.471. The second-order valence-electron chi connectivity index (χ2n) is 9.61. The molecule has 5 rings (SSSR count). The Morgan fingerprint density at radius 3 is 2.44 bits per heavy atom. The van der Waals surface area contributed by atoms with Crippen LogP contribution < -0.4 is 15.0 Å². The van der Waals surface area contributed by atoms with Gasteiger partial charge in [0.25, 0.3) is 15.9 Å². The maximum absolute atomic E-state index is 14.0. The van der Waals surface area contributed by atoms with Crippen LogP contribution in [-0.4, -0.2) is 63.4 Å². The zero-order chi connectivity index (χ0) is 29.1. The fraction of sp³-hybridized carbons (Fsp3) is 0.276. The van der Waals surface area contributed by atoms with E-state index in [9.17, 15) is 27.2 Å². The zero-order valence-corrected chi connectivity index (χ0v) is 23.0. The quantitative estimate of drug-likeness (QED) is 0.412. The molecule has 0 unspecified atom stereocenters. The highest BCUT2D eigenvalue weighted by Gasteiger charge is 2.44. The second kappa shape index (κ2) is 11.7. The lowest BCUT2D eigenvalue weighted by Crippen LogP contribution is -2.49. The van der Waals surface area contributed by atoms with Gasteiger partial charge in [-0.25, -0.2) is 17.1 Å². The molecule has 2 aliphatic heterocycles. The molecule has 0 aliphatic carbocycles. The highest BCUT2D eigenvalue weighted by Crippen LogP contribution is 2.33. The number of carbonyl (C=O) groups is 3. The van der Waals surface area contributed by atoms with Crippen molar-refractivity contribution in [3.63, 3.8) is 0 Å². The van der Waals surface area contributed by atoms with Gasteiger partial charge in [0.05, 0.1) is 18.8 Å². The SMILES string of the molecule is COc1ccc(N(C(=O)CN2C(=O)c3ccccc3S2(=O)=O)[C@@H](C(=O)NC[C@H]2CCCO2)c2ccc(F)cc2)cc1. The summed E-state index contributed by atoms with van der Waals surface area (Å²) in [6.07, 6.45) is 1.43. The molecule has 12 heteroatoms. The molecule has 214 valence electrons. The van der Waals surface area contributed by atoms with Crippen LogP contribution in [0.4, 0.5) is 10.1 Å². The number of amides is 3. The molecule has 2 aliphatic rings. The van der Waals surface area contributed by atoms with Crippen LogP contribution in [0.2, 0.25) is 0 Å². The maximum atomic E-state index is 14.0. The van der Waals surface area contributed by atoms with Gasteiger partial charge in [0.1, 0.15) is 29.0 Å². The lowest BCUT2D eigenvalue weighted by atomic mass is 10.0. The van der Waals surface area contributed by atoms with E-state index in [1.165, 1.54) is 55.6 Å². The number of hydrogen-bond donors (Lipinski definition) is 1. The summed E-state index contributed by atoms with van der Waals surface area (Å²) in [4.78, 5) is 41.8. The van der Waals surface area contributed by atoms with E-state index in [-0.39, 0.29) is 34.4 Å². The number of nitrogens with one attached hydrogen (secondary N) is 1. The van der Waals surface area contributed by atoms with Crippen molar-refractivity contribution in [3.05, 3.63) is 89.7 Å². The molecule has 1 saturated heterocycles. The van der Waals surface area contributed by atoms with E-state index in [1.54, 1.807) is 12.1 Å². The van der Waals surface area contributed by atoms with Crippen molar-refractivity contribution in [1.29, 1.82) is 0 Å². The fourth-order valence-electron chi connectivity index (χ4n) is 4.95.